The van der Waals surface area contributed by atoms with Crippen molar-refractivity contribution in [3.63, 3.8) is 0 Å². The van der Waals surface area contributed by atoms with Crippen LogP contribution in [-0.2, 0) is 4.57 Å². The first-order valence-electron chi connectivity index (χ1n) is 13.3. The summed E-state index contributed by atoms with van der Waals surface area (Å²) in [5.41, 5.74) is 2.16. The van der Waals surface area contributed by atoms with Crippen LogP contribution in [0.15, 0.2) is 72.8 Å². The molecule has 1 heterocycles. The maximum atomic E-state index is 15.3. The van der Waals surface area contributed by atoms with Crippen LogP contribution in [0.1, 0.15) is 62.3 Å². The number of ether oxygens (including phenoxy) is 1. The molecule has 1 unspecified atom stereocenters. The molecule has 5 rings (SSSR count). The number of rotatable bonds is 2. The van der Waals surface area contributed by atoms with Crippen LogP contribution >= 0.6 is 15.1 Å². The smallest absolute Gasteiger partial charge is 0.174 e. The largest absolute Gasteiger partial charge is 0.477 e. The highest BCUT2D eigenvalue weighted by Gasteiger charge is 2.60. The summed E-state index contributed by atoms with van der Waals surface area (Å²) in [7, 11) is -3.79. The standard InChI is InChI=1S/C33H40O2P2/c1-31(2,3)36-29-26(28-24-17-12-10-15-22(24)21-23-16-11-13-18-25(23)28)19-14-20-27(29)35-30(36)37(34,32(4,5)6)33(7,8)9/h10-21,30H,1-9H3/t30-,36?/m1/s1. The average molecular weight is 531 g/mol. The maximum absolute atomic E-state index is 15.3. The minimum absolute atomic E-state index is 0.0894. The fourth-order valence-corrected chi connectivity index (χ4v) is 17.2. The summed E-state index contributed by atoms with van der Waals surface area (Å²) in [6, 6.07) is 26.1. The van der Waals surface area contributed by atoms with Gasteiger partial charge in [-0.15, -0.1) is 0 Å². The van der Waals surface area contributed by atoms with E-state index in [4.69, 9.17) is 4.74 Å². The lowest BCUT2D eigenvalue weighted by atomic mass is 9.92. The lowest BCUT2D eigenvalue weighted by molar-refractivity contribution is 0.341. The first-order valence-corrected chi connectivity index (χ1v) is 16.4. The molecule has 1 aliphatic heterocycles. The third kappa shape index (κ3) is 4.07. The summed E-state index contributed by atoms with van der Waals surface area (Å²) >= 11 is 0. The molecule has 2 atom stereocenters. The van der Waals surface area contributed by atoms with Gasteiger partial charge in [0.05, 0.1) is 0 Å². The summed E-state index contributed by atoms with van der Waals surface area (Å²) in [5, 5.41) is 5.39. The monoisotopic (exact) mass is 530 g/mol. The molecule has 37 heavy (non-hydrogen) atoms. The van der Waals surface area contributed by atoms with Crippen molar-refractivity contribution in [2.24, 2.45) is 0 Å². The molecule has 0 aliphatic carbocycles. The Kier molecular flexibility index (Phi) is 6.22. The Morgan fingerprint density at radius 1 is 0.703 bits per heavy atom. The van der Waals surface area contributed by atoms with Gasteiger partial charge >= 0.3 is 0 Å². The van der Waals surface area contributed by atoms with Crippen molar-refractivity contribution >= 4 is 41.9 Å². The van der Waals surface area contributed by atoms with Crippen molar-refractivity contribution in [3.8, 4) is 16.9 Å². The maximum Gasteiger partial charge on any atom is 0.174 e. The molecular formula is C33H40O2P2. The Balaban J connectivity index is 1.87. The molecule has 0 saturated carbocycles. The van der Waals surface area contributed by atoms with Gasteiger partial charge in [-0.3, -0.25) is 0 Å². The Labute approximate surface area is 223 Å². The molecule has 0 amide bonds. The van der Waals surface area contributed by atoms with Crippen LogP contribution in [0.4, 0.5) is 0 Å². The van der Waals surface area contributed by atoms with Crippen molar-refractivity contribution in [2.45, 2.75) is 83.4 Å². The number of hydrogen-bond donors (Lipinski definition) is 0. The summed E-state index contributed by atoms with van der Waals surface area (Å²) < 4.78 is 22.3. The van der Waals surface area contributed by atoms with E-state index in [9.17, 15) is 0 Å². The van der Waals surface area contributed by atoms with E-state index in [1.165, 1.54) is 38.0 Å². The van der Waals surface area contributed by atoms with Crippen LogP contribution in [0.2, 0.25) is 0 Å². The van der Waals surface area contributed by atoms with Gasteiger partial charge in [-0.05, 0) is 57.9 Å². The molecule has 2 nitrogen and oxygen atoms in total. The van der Waals surface area contributed by atoms with Crippen LogP contribution in [0, 0.1) is 0 Å². The fourth-order valence-electron chi connectivity index (χ4n) is 6.22. The van der Waals surface area contributed by atoms with Gasteiger partial charge in [0.25, 0.3) is 0 Å². The van der Waals surface area contributed by atoms with E-state index in [-0.39, 0.29) is 21.1 Å². The highest BCUT2D eigenvalue weighted by Crippen LogP contribution is 2.80. The summed E-state index contributed by atoms with van der Waals surface area (Å²) in [6.45, 7) is 19.7. The lowest BCUT2D eigenvalue weighted by Crippen LogP contribution is -2.38. The molecule has 0 N–H and O–H groups in total. The molecule has 4 aromatic carbocycles. The minimum atomic E-state index is -2.87. The average Bonchev–Trinajstić information content (AvgIpc) is 3.21. The first-order chi connectivity index (χ1) is 17.2. The van der Waals surface area contributed by atoms with Crippen molar-refractivity contribution < 1.29 is 9.30 Å². The predicted octanol–water partition coefficient (Wildman–Crippen LogP) is 10.2. The lowest BCUT2D eigenvalue weighted by Gasteiger charge is -2.47. The molecule has 0 bridgehead atoms. The second-order valence-corrected chi connectivity index (χ2v) is 21.2. The normalized spacial score (nSPS) is 18.7. The fraction of sp³-hybridized carbons (Fsp3) is 0.394. The number of benzene rings is 4. The first kappa shape index (κ1) is 26.5. The molecule has 4 aromatic rings. The molecule has 0 radical (unpaired) electrons. The highest BCUT2D eigenvalue weighted by molar-refractivity contribution is 7.84. The summed E-state index contributed by atoms with van der Waals surface area (Å²) in [6.07, 6.45) is 0. The second-order valence-electron chi connectivity index (χ2n) is 13.3. The minimum Gasteiger partial charge on any atom is -0.477 e. The van der Waals surface area contributed by atoms with Crippen LogP contribution < -0.4 is 10.0 Å². The molecule has 0 aromatic heterocycles. The van der Waals surface area contributed by atoms with E-state index >= 15 is 4.57 Å². The van der Waals surface area contributed by atoms with Crippen LogP contribution in [-0.4, -0.2) is 21.1 Å². The molecule has 4 heteroatoms. The van der Waals surface area contributed by atoms with Gasteiger partial charge in [0.15, 0.2) is 5.59 Å². The van der Waals surface area contributed by atoms with Crippen LogP contribution in [0.5, 0.6) is 5.75 Å². The predicted molar refractivity (Wildman–Crippen MR) is 165 cm³/mol. The van der Waals surface area contributed by atoms with Gasteiger partial charge < -0.3 is 9.30 Å². The van der Waals surface area contributed by atoms with Gasteiger partial charge in [0.1, 0.15) is 12.9 Å². The Morgan fingerprint density at radius 2 is 1.22 bits per heavy atom. The highest BCUT2D eigenvalue weighted by atomic mass is 31.2. The van der Waals surface area contributed by atoms with Crippen molar-refractivity contribution in [3.05, 3.63) is 72.8 Å². The van der Waals surface area contributed by atoms with E-state index in [1.807, 2.05) is 0 Å². The summed E-state index contributed by atoms with van der Waals surface area (Å²) in [5.74, 6) is 0.911. The second kappa shape index (κ2) is 8.69. The number of fused-ring (bicyclic) bond motifs is 3. The zero-order valence-electron chi connectivity index (χ0n) is 23.7. The quantitative estimate of drug-likeness (QED) is 0.190. The summed E-state index contributed by atoms with van der Waals surface area (Å²) in [4.78, 5) is 0. The van der Waals surface area contributed by atoms with E-state index in [1.54, 1.807) is 0 Å². The molecule has 1 aliphatic rings. The van der Waals surface area contributed by atoms with E-state index in [0.29, 0.717) is 0 Å². The van der Waals surface area contributed by atoms with Gasteiger partial charge in [-0.25, -0.2) is 0 Å². The van der Waals surface area contributed by atoms with Crippen molar-refractivity contribution in [1.29, 1.82) is 0 Å². The van der Waals surface area contributed by atoms with Crippen molar-refractivity contribution in [1.82, 2.24) is 0 Å². The zero-order chi connectivity index (χ0) is 27.0. The molecule has 0 saturated heterocycles. The zero-order valence-corrected chi connectivity index (χ0v) is 25.5. The Morgan fingerprint density at radius 3 is 1.70 bits per heavy atom. The molecular weight excluding hydrogens is 490 g/mol. The van der Waals surface area contributed by atoms with Gasteiger partial charge in [-0.2, -0.15) is 0 Å². The Bertz CT molecular complexity index is 1480. The van der Waals surface area contributed by atoms with Gasteiger partial charge in [-0.1, -0.05) is 123 Å². The number of hydrogen-bond acceptors (Lipinski definition) is 2. The van der Waals surface area contributed by atoms with Crippen molar-refractivity contribution in [2.75, 3.05) is 0 Å². The van der Waals surface area contributed by atoms with E-state index in [2.05, 4.69) is 135 Å². The van der Waals surface area contributed by atoms with Gasteiger partial charge in [0.2, 0.25) is 0 Å². The SMILES string of the molecule is CC(C)(C)P1c2c(cccc2-c2c3ccccc3cc3ccccc23)O[C@H]1P(=O)(C(C)(C)C)C(C)(C)C. The van der Waals surface area contributed by atoms with Crippen LogP contribution in [0.25, 0.3) is 32.7 Å². The third-order valence-corrected chi connectivity index (χ3v) is 17.1. The van der Waals surface area contributed by atoms with E-state index in [0.717, 1.165) is 5.75 Å². The molecule has 194 valence electrons. The van der Waals surface area contributed by atoms with Gasteiger partial charge in [0, 0.05) is 15.6 Å². The topological polar surface area (TPSA) is 26.3 Å². The van der Waals surface area contributed by atoms with Crippen LogP contribution in [0.3, 0.4) is 0 Å². The third-order valence-electron chi connectivity index (χ3n) is 7.76. The molecule has 0 fully saturated rings. The Hall–Kier alpha value is -2.14. The molecule has 0 spiro atoms. The van der Waals surface area contributed by atoms with E-state index < -0.39 is 15.1 Å².